The molecule has 0 spiro atoms. The van der Waals surface area contributed by atoms with Gasteiger partial charge in [0.25, 0.3) is 0 Å². The summed E-state index contributed by atoms with van der Waals surface area (Å²) < 4.78 is 0. The van der Waals surface area contributed by atoms with Crippen LogP contribution in [0, 0.1) is 0 Å². The third-order valence-electron chi connectivity index (χ3n) is 4.24. The van der Waals surface area contributed by atoms with Crippen molar-refractivity contribution >= 4 is 10.9 Å². The molecule has 2 heterocycles. The minimum Gasteiger partial charge on any atom is -0.358 e. The van der Waals surface area contributed by atoms with Crippen LogP contribution in [0.15, 0.2) is 24.3 Å². The maximum Gasteiger partial charge on any atom is 0.0456 e. The van der Waals surface area contributed by atoms with E-state index in [0.717, 1.165) is 6.54 Å². The van der Waals surface area contributed by atoms with Gasteiger partial charge in [-0.25, -0.2) is 0 Å². The summed E-state index contributed by atoms with van der Waals surface area (Å²) in [5, 5.41) is 4.85. The van der Waals surface area contributed by atoms with E-state index in [2.05, 4.69) is 55.3 Å². The van der Waals surface area contributed by atoms with E-state index in [4.69, 9.17) is 0 Å². The molecule has 0 radical (unpaired) electrons. The largest absolute Gasteiger partial charge is 0.358 e. The van der Waals surface area contributed by atoms with Crippen molar-refractivity contribution in [3.8, 4) is 0 Å². The quantitative estimate of drug-likeness (QED) is 0.795. The van der Waals surface area contributed by atoms with Crippen molar-refractivity contribution in [2.24, 2.45) is 0 Å². The predicted molar refractivity (Wildman–Crippen MR) is 81.8 cm³/mol. The lowest BCUT2D eigenvalue weighted by Crippen LogP contribution is -2.28. The molecule has 2 aromatic rings. The fourth-order valence-electron chi connectivity index (χ4n) is 2.96. The van der Waals surface area contributed by atoms with Gasteiger partial charge >= 0.3 is 0 Å². The van der Waals surface area contributed by atoms with E-state index < -0.39 is 0 Å². The molecule has 0 aliphatic carbocycles. The number of hydrogen-bond acceptors (Lipinski definition) is 1. The Morgan fingerprint density at radius 2 is 2.00 bits per heavy atom. The standard InChI is InChI=1S/C17H24N2/c1-17(2,3)14-6-7-15-13(9-14)10-16(19-15)12-5-4-8-18-11-12/h6-7,9-10,12,18-19H,4-5,8,11H2,1-3H3. The van der Waals surface area contributed by atoms with Crippen LogP contribution in [0.3, 0.4) is 0 Å². The van der Waals surface area contributed by atoms with Crippen LogP contribution in [0.1, 0.15) is 50.8 Å². The number of nitrogens with one attached hydrogen (secondary N) is 2. The molecule has 1 saturated heterocycles. The maximum atomic E-state index is 3.60. The van der Waals surface area contributed by atoms with E-state index in [-0.39, 0.29) is 5.41 Å². The number of H-pyrrole nitrogens is 1. The average molecular weight is 256 g/mol. The summed E-state index contributed by atoms with van der Waals surface area (Å²) in [5.74, 6) is 0.652. The summed E-state index contributed by atoms with van der Waals surface area (Å²) in [6.45, 7) is 9.09. The summed E-state index contributed by atoms with van der Waals surface area (Å²) in [5.41, 5.74) is 4.30. The molecular formula is C17H24N2. The Balaban J connectivity index is 1.96. The van der Waals surface area contributed by atoms with Crippen molar-refractivity contribution in [1.29, 1.82) is 0 Å². The van der Waals surface area contributed by atoms with Gasteiger partial charge in [0.1, 0.15) is 0 Å². The van der Waals surface area contributed by atoms with Gasteiger partial charge in [-0.1, -0.05) is 26.8 Å². The van der Waals surface area contributed by atoms with Crippen LogP contribution in [0.5, 0.6) is 0 Å². The Hall–Kier alpha value is -1.28. The van der Waals surface area contributed by atoms with Gasteiger partial charge in [0.05, 0.1) is 0 Å². The molecule has 2 N–H and O–H groups in total. The SMILES string of the molecule is CC(C)(C)c1ccc2[nH]c(C3CCCNC3)cc2c1. The second-order valence-corrected chi connectivity index (χ2v) is 6.82. The topological polar surface area (TPSA) is 27.8 Å². The second kappa shape index (κ2) is 4.68. The Labute approximate surface area is 115 Å². The first-order chi connectivity index (χ1) is 9.04. The highest BCUT2D eigenvalue weighted by molar-refractivity contribution is 5.81. The molecular weight excluding hydrogens is 232 g/mol. The van der Waals surface area contributed by atoms with Crippen molar-refractivity contribution in [2.45, 2.75) is 44.9 Å². The lowest BCUT2D eigenvalue weighted by atomic mass is 9.86. The van der Waals surface area contributed by atoms with E-state index in [1.807, 2.05) is 0 Å². The van der Waals surface area contributed by atoms with Crippen LogP contribution in [-0.2, 0) is 5.41 Å². The van der Waals surface area contributed by atoms with E-state index in [0.29, 0.717) is 5.92 Å². The monoisotopic (exact) mass is 256 g/mol. The highest BCUT2D eigenvalue weighted by atomic mass is 14.9. The molecule has 2 heteroatoms. The Kier molecular flexibility index (Phi) is 3.14. The zero-order valence-corrected chi connectivity index (χ0v) is 12.2. The minimum atomic E-state index is 0.220. The van der Waals surface area contributed by atoms with Crippen LogP contribution < -0.4 is 5.32 Å². The number of hydrogen-bond donors (Lipinski definition) is 2. The summed E-state index contributed by atoms with van der Waals surface area (Å²) in [6, 6.07) is 9.17. The van der Waals surface area contributed by atoms with Crippen LogP contribution in [-0.4, -0.2) is 18.1 Å². The molecule has 1 aromatic carbocycles. The zero-order valence-electron chi connectivity index (χ0n) is 12.2. The molecule has 1 aromatic heterocycles. The van der Waals surface area contributed by atoms with Gasteiger partial charge in [0.2, 0.25) is 0 Å². The summed E-state index contributed by atoms with van der Waals surface area (Å²) >= 11 is 0. The van der Waals surface area contributed by atoms with Gasteiger partial charge < -0.3 is 10.3 Å². The average Bonchev–Trinajstić information content (AvgIpc) is 2.81. The Morgan fingerprint density at radius 3 is 2.68 bits per heavy atom. The Morgan fingerprint density at radius 1 is 1.16 bits per heavy atom. The molecule has 0 bridgehead atoms. The summed E-state index contributed by atoms with van der Waals surface area (Å²) in [6.07, 6.45) is 2.58. The number of piperidine rings is 1. The van der Waals surface area contributed by atoms with Crippen molar-refractivity contribution in [3.63, 3.8) is 0 Å². The van der Waals surface area contributed by atoms with Gasteiger partial charge in [-0.3, -0.25) is 0 Å². The highest BCUT2D eigenvalue weighted by Crippen LogP contribution is 2.29. The summed E-state index contributed by atoms with van der Waals surface area (Å²) in [7, 11) is 0. The van der Waals surface area contributed by atoms with Gasteiger partial charge in [-0.15, -0.1) is 0 Å². The lowest BCUT2D eigenvalue weighted by Gasteiger charge is -2.21. The van der Waals surface area contributed by atoms with E-state index in [1.165, 1.54) is 41.5 Å². The van der Waals surface area contributed by atoms with E-state index >= 15 is 0 Å². The molecule has 1 aliphatic heterocycles. The number of rotatable bonds is 1. The van der Waals surface area contributed by atoms with Crippen molar-refractivity contribution in [3.05, 3.63) is 35.5 Å². The first-order valence-corrected chi connectivity index (χ1v) is 7.38. The number of aromatic nitrogens is 1. The van der Waals surface area contributed by atoms with Crippen LogP contribution in [0.4, 0.5) is 0 Å². The molecule has 3 rings (SSSR count). The predicted octanol–water partition coefficient (Wildman–Crippen LogP) is 3.93. The normalized spacial score (nSPS) is 20.9. The third-order valence-corrected chi connectivity index (χ3v) is 4.24. The van der Waals surface area contributed by atoms with Gasteiger partial charge in [-0.05, 0) is 54.0 Å². The summed E-state index contributed by atoms with van der Waals surface area (Å²) in [4.78, 5) is 3.60. The molecule has 2 nitrogen and oxygen atoms in total. The molecule has 1 fully saturated rings. The third kappa shape index (κ3) is 2.55. The minimum absolute atomic E-state index is 0.220. The van der Waals surface area contributed by atoms with E-state index in [1.54, 1.807) is 0 Å². The number of fused-ring (bicyclic) bond motifs is 1. The second-order valence-electron chi connectivity index (χ2n) is 6.82. The molecule has 1 aliphatic rings. The van der Waals surface area contributed by atoms with Crippen LogP contribution in [0.2, 0.25) is 0 Å². The lowest BCUT2D eigenvalue weighted by molar-refractivity contribution is 0.456. The molecule has 1 atom stereocenters. The van der Waals surface area contributed by atoms with Crippen LogP contribution >= 0.6 is 0 Å². The number of benzene rings is 1. The molecule has 0 saturated carbocycles. The van der Waals surface area contributed by atoms with Gasteiger partial charge in [0, 0.05) is 23.7 Å². The fourth-order valence-corrected chi connectivity index (χ4v) is 2.96. The smallest absolute Gasteiger partial charge is 0.0456 e. The maximum absolute atomic E-state index is 3.60. The molecule has 0 amide bonds. The molecule has 19 heavy (non-hydrogen) atoms. The molecule has 102 valence electrons. The first-order valence-electron chi connectivity index (χ1n) is 7.38. The van der Waals surface area contributed by atoms with Crippen molar-refractivity contribution in [1.82, 2.24) is 10.3 Å². The number of aromatic amines is 1. The van der Waals surface area contributed by atoms with Crippen molar-refractivity contribution < 1.29 is 0 Å². The Bertz CT molecular complexity index is 568. The van der Waals surface area contributed by atoms with Gasteiger partial charge in [0.15, 0.2) is 0 Å². The van der Waals surface area contributed by atoms with Crippen molar-refractivity contribution in [2.75, 3.05) is 13.1 Å². The zero-order chi connectivity index (χ0) is 13.5. The molecule has 1 unspecified atom stereocenters. The van der Waals surface area contributed by atoms with Gasteiger partial charge in [-0.2, -0.15) is 0 Å². The van der Waals surface area contributed by atoms with E-state index in [9.17, 15) is 0 Å². The fraction of sp³-hybridized carbons (Fsp3) is 0.529. The highest BCUT2D eigenvalue weighted by Gasteiger charge is 2.18. The van der Waals surface area contributed by atoms with Crippen LogP contribution in [0.25, 0.3) is 10.9 Å². The first kappa shape index (κ1) is 12.7.